The lowest BCUT2D eigenvalue weighted by Gasteiger charge is -2.27. The molecular formula is C9H7Cl2F5Si. The van der Waals surface area contributed by atoms with Crippen LogP contribution in [-0.2, 0) is 5.92 Å². The first-order chi connectivity index (χ1) is 7.70. The van der Waals surface area contributed by atoms with E-state index >= 15 is 0 Å². The van der Waals surface area contributed by atoms with Crippen molar-refractivity contribution in [2.75, 3.05) is 0 Å². The molecule has 8 heteroatoms. The summed E-state index contributed by atoms with van der Waals surface area (Å²) >= 11 is 9.88. The summed E-state index contributed by atoms with van der Waals surface area (Å²) in [7, 11) is -3.90. The second-order valence-corrected chi connectivity index (χ2v) is 7.99. The molecule has 0 aliphatic rings. The Labute approximate surface area is 105 Å². The van der Waals surface area contributed by atoms with Gasteiger partial charge in [-0.05, 0) is 0 Å². The van der Waals surface area contributed by atoms with Gasteiger partial charge in [-0.25, -0.2) is 13.2 Å². The quantitative estimate of drug-likeness (QED) is 0.448. The van der Waals surface area contributed by atoms with Crippen LogP contribution in [0.1, 0.15) is 5.56 Å². The summed E-state index contributed by atoms with van der Waals surface area (Å²) < 4.78 is 66.3. The summed E-state index contributed by atoms with van der Waals surface area (Å²) in [4.78, 5) is 0. The van der Waals surface area contributed by atoms with Crippen LogP contribution in [0.4, 0.5) is 22.0 Å². The van der Waals surface area contributed by atoms with Gasteiger partial charge in [0.15, 0.2) is 0 Å². The van der Waals surface area contributed by atoms with Gasteiger partial charge < -0.3 is 0 Å². The topological polar surface area (TPSA) is 0 Å². The molecule has 1 atom stereocenters. The number of hydrogen-bond donors (Lipinski definition) is 0. The highest BCUT2D eigenvalue weighted by Crippen LogP contribution is 2.43. The minimum absolute atomic E-state index is 0.838. The molecule has 0 radical (unpaired) electrons. The Hall–Kier alpha value is -0.333. The molecule has 0 aliphatic heterocycles. The molecule has 0 aliphatic carbocycles. The molecule has 0 spiro atoms. The Morgan fingerprint density at radius 2 is 1.47 bits per heavy atom. The summed E-state index contributed by atoms with van der Waals surface area (Å²) in [5, 5.41) is 0. The van der Waals surface area contributed by atoms with Crippen LogP contribution in [0.25, 0.3) is 0 Å². The molecule has 1 unspecified atom stereocenters. The SMILES string of the molecule is FC(C(F)(F)c1ccccc1)C(F)(F)[SiH](Cl)Cl. The molecular weight excluding hydrogens is 302 g/mol. The third-order valence-corrected chi connectivity index (χ3v) is 4.73. The highest BCUT2D eigenvalue weighted by molar-refractivity contribution is 7.34. The van der Waals surface area contributed by atoms with Crippen molar-refractivity contribution in [3.8, 4) is 0 Å². The van der Waals surface area contributed by atoms with Gasteiger partial charge in [-0.2, -0.15) is 8.78 Å². The van der Waals surface area contributed by atoms with Gasteiger partial charge in [0.2, 0.25) is 6.17 Å². The van der Waals surface area contributed by atoms with Gasteiger partial charge in [0.25, 0.3) is 5.55 Å². The van der Waals surface area contributed by atoms with Crippen LogP contribution in [0.5, 0.6) is 0 Å². The fourth-order valence-corrected chi connectivity index (χ4v) is 2.25. The Bertz CT molecular complexity index is 371. The number of rotatable bonds is 4. The lowest BCUT2D eigenvalue weighted by atomic mass is 10.0. The standard InChI is InChI=1S/C9H7Cl2F5Si/c10-17(11)9(15,16)7(12)8(13,14)6-4-2-1-3-5-6/h1-5,7,17H. The van der Waals surface area contributed by atoms with Gasteiger partial charge in [-0.3, -0.25) is 0 Å². The highest BCUT2D eigenvalue weighted by atomic mass is 35.7. The van der Waals surface area contributed by atoms with E-state index in [0.29, 0.717) is 0 Å². The van der Waals surface area contributed by atoms with Crippen molar-refractivity contribution in [2.45, 2.75) is 17.6 Å². The maximum Gasteiger partial charge on any atom is 0.317 e. The van der Waals surface area contributed by atoms with Crippen molar-refractivity contribution in [3.05, 3.63) is 35.9 Å². The molecule has 1 aromatic rings. The van der Waals surface area contributed by atoms with Crippen molar-refractivity contribution in [1.82, 2.24) is 0 Å². The van der Waals surface area contributed by atoms with E-state index in [1.807, 2.05) is 0 Å². The van der Waals surface area contributed by atoms with Gasteiger partial charge in [0, 0.05) is 5.56 Å². The summed E-state index contributed by atoms with van der Waals surface area (Å²) in [5.74, 6) is -4.33. The molecule has 0 saturated carbocycles. The van der Waals surface area contributed by atoms with Crippen LogP contribution < -0.4 is 0 Å². The van der Waals surface area contributed by atoms with Crippen LogP contribution in [0.3, 0.4) is 0 Å². The lowest BCUT2D eigenvalue weighted by Crippen LogP contribution is -2.48. The maximum atomic E-state index is 13.5. The van der Waals surface area contributed by atoms with Crippen LogP contribution >= 0.6 is 22.2 Å². The largest absolute Gasteiger partial charge is 0.317 e. The van der Waals surface area contributed by atoms with E-state index in [1.165, 1.54) is 18.2 Å². The Morgan fingerprint density at radius 3 is 1.88 bits per heavy atom. The van der Waals surface area contributed by atoms with Gasteiger partial charge >= 0.3 is 13.3 Å². The zero-order chi connectivity index (χ0) is 13.3. The van der Waals surface area contributed by atoms with Crippen LogP contribution in [0.15, 0.2) is 30.3 Å². The Kier molecular flexibility index (Phi) is 4.43. The van der Waals surface area contributed by atoms with E-state index in [9.17, 15) is 22.0 Å². The van der Waals surface area contributed by atoms with E-state index in [2.05, 4.69) is 0 Å². The van der Waals surface area contributed by atoms with Crippen molar-refractivity contribution < 1.29 is 22.0 Å². The minimum Gasteiger partial charge on any atom is -0.234 e. The first-order valence-electron chi connectivity index (χ1n) is 4.44. The fourth-order valence-electron chi connectivity index (χ4n) is 1.16. The fraction of sp³-hybridized carbons (Fsp3) is 0.333. The van der Waals surface area contributed by atoms with Gasteiger partial charge in [-0.15, -0.1) is 22.2 Å². The molecule has 0 heterocycles. The average molecular weight is 309 g/mol. The average Bonchev–Trinajstić information content (AvgIpc) is 2.29. The number of halogens is 7. The molecule has 0 saturated heterocycles. The molecule has 17 heavy (non-hydrogen) atoms. The monoisotopic (exact) mass is 308 g/mol. The predicted molar refractivity (Wildman–Crippen MR) is 59.0 cm³/mol. The lowest BCUT2D eigenvalue weighted by molar-refractivity contribution is -0.151. The summed E-state index contributed by atoms with van der Waals surface area (Å²) in [6.45, 7) is 0. The Balaban J connectivity index is 3.07. The van der Waals surface area contributed by atoms with E-state index in [-0.39, 0.29) is 0 Å². The molecule has 1 aromatic carbocycles. The zero-order valence-electron chi connectivity index (χ0n) is 8.19. The predicted octanol–water partition coefficient (Wildman–Crippen LogP) is 3.99. The van der Waals surface area contributed by atoms with E-state index < -0.39 is 30.6 Å². The smallest absolute Gasteiger partial charge is 0.234 e. The number of hydrogen-bond acceptors (Lipinski definition) is 0. The molecule has 0 N–H and O–H groups in total. The van der Waals surface area contributed by atoms with Crippen molar-refractivity contribution in [1.29, 1.82) is 0 Å². The van der Waals surface area contributed by atoms with E-state index in [0.717, 1.165) is 12.1 Å². The maximum absolute atomic E-state index is 13.5. The third-order valence-electron chi connectivity index (χ3n) is 2.11. The molecule has 0 nitrogen and oxygen atoms in total. The highest BCUT2D eigenvalue weighted by Gasteiger charge is 2.60. The van der Waals surface area contributed by atoms with Crippen molar-refractivity contribution in [3.63, 3.8) is 0 Å². The number of alkyl halides is 5. The Morgan fingerprint density at radius 1 is 1.00 bits per heavy atom. The molecule has 1 rings (SSSR count). The second kappa shape index (κ2) is 5.12. The molecule has 0 aromatic heterocycles. The van der Waals surface area contributed by atoms with Crippen molar-refractivity contribution >= 4 is 29.6 Å². The summed E-state index contributed by atoms with van der Waals surface area (Å²) in [6, 6.07) is 5.53. The normalized spacial score (nSPS) is 15.1. The zero-order valence-corrected chi connectivity index (χ0v) is 10.9. The van der Waals surface area contributed by atoms with Gasteiger partial charge in [0.05, 0.1) is 0 Å². The van der Waals surface area contributed by atoms with Crippen LogP contribution in [-0.4, -0.2) is 19.1 Å². The minimum atomic E-state index is -4.40. The van der Waals surface area contributed by atoms with Gasteiger partial charge in [0.1, 0.15) is 0 Å². The van der Waals surface area contributed by atoms with Gasteiger partial charge in [-0.1, -0.05) is 30.3 Å². The first-order valence-corrected chi connectivity index (χ1v) is 8.51. The van der Waals surface area contributed by atoms with Crippen molar-refractivity contribution in [2.24, 2.45) is 0 Å². The second-order valence-electron chi connectivity index (χ2n) is 3.33. The van der Waals surface area contributed by atoms with Crippen LogP contribution in [0.2, 0.25) is 0 Å². The summed E-state index contributed by atoms with van der Waals surface area (Å²) in [6.07, 6.45) is -3.73. The molecule has 0 bridgehead atoms. The molecule has 0 fully saturated rings. The number of benzene rings is 1. The summed E-state index contributed by atoms with van der Waals surface area (Å²) in [5.41, 5.74) is -5.24. The van der Waals surface area contributed by atoms with Crippen LogP contribution in [0, 0.1) is 0 Å². The van der Waals surface area contributed by atoms with E-state index in [1.54, 1.807) is 0 Å². The molecule has 96 valence electrons. The molecule has 0 amide bonds. The third kappa shape index (κ3) is 2.92. The first kappa shape index (κ1) is 14.7. The van der Waals surface area contributed by atoms with E-state index in [4.69, 9.17) is 22.2 Å².